The highest BCUT2D eigenvalue weighted by Gasteiger charge is 2.28. The van der Waals surface area contributed by atoms with Gasteiger partial charge in [-0.3, -0.25) is 0 Å². The molecule has 0 saturated carbocycles. The van der Waals surface area contributed by atoms with E-state index in [1.54, 1.807) is 28.0 Å². The van der Waals surface area contributed by atoms with Crippen LogP contribution in [-0.2, 0) is 0 Å². The molecule has 0 fully saturated rings. The Morgan fingerprint density at radius 1 is 0.744 bits per heavy atom. The van der Waals surface area contributed by atoms with Gasteiger partial charge in [-0.1, -0.05) is 77.0 Å². The van der Waals surface area contributed by atoms with E-state index in [9.17, 15) is 0 Å². The van der Waals surface area contributed by atoms with Crippen molar-refractivity contribution in [3.05, 3.63) is 109 Å². The van der Waals surface area contributed by atoms with E-state index in [0.29, 0.717) is 17.6 Å². The number of hydrogen-bond acceptors (Lipinski definition) is 6. The molecule has 192 valence electrons. The highest BCUT2D eigenvalue weighted by Crippen LogP contribution is 2.37. The predicted octanol–water partition coefficient (Wildman–Crippen LogP) is 6.41. The molecule has 7 nitrogen and oxygen atoms in total. The quantitative estimate of drug-likeness (QED) is 0.212. The number of tetrazole rings is 1. The molecule has 6 rings (SSSR count). The summed E-state index contributed by atoms with van der Waals surface area (Å²) in [6.45, 7) is 2.58. The number of thiazole rings is 1. The fourth-order valence-corrected chi connectivity index (χ4v) is 5.28. The van der Waals surface area contributed by atoms with Crippen molar-refractivity contribution in [3.63, 3.8) is 0 Å². The summed E-state index contributed by atoms with van der Waals surface area (Å²) in [6, 6.07) is 36.1. The van der Waals surface area contributed by atoms with E-state index in [1.165, 1.54) is 0 Å². The van der Waals surface area contributed by atoms with Crippen LogP contribution in [0.3, 0.4) is 0 Å². The van der Waals surface area contributed by atoms with Crippen LogP contribution in [-0.4, -0.2) is 33.7 Å². The van der Waals surface area contributed by atoms with Gasteiger partial charge in [-0.05, 0) is 75.7 Å². The Morgan fingerprint density at radius 2 is 1.38 bits per heavy atom. The summed E-state index contributed by atoms with van der Waals surface area (Å²) in [5, 5.41) is 10.5. The van der Waals surface area contributed by atoms with Crippen LogP contribution < -0.4 is 14.3 Å². The smallest absolute Gasteiger partial charge is 0.365 e. The van der Waals surface area contributed by atoms with E-state index in [2.05, 4.69) is 24.3 Å². The number of benzene rings is 4. The molecule has 2 heterocycles. The normalized spacial score (nSPS) is 10.9. The third-order valence-corrected chi connectivity index (χ3v) is 7.23. The Kier molecular flexibility index (Phi) is 6.84. The molecular formula is C31H26N5O2S+. The van der Waals surface area contributed by atoms with Crippen molar-refractivity contribution in [1.29, 1.82) is 0 Å². The van der Waals surface area contributed by atoms with Gasteiger partial charge in [-0.15, -0.1) is 0 Å². The minimum absolute atomic E-state index is 0.576. The summed E-state index contributed by atoms with van der Waals surface area (Å²) in [5.74, 6) is 2.15. The summed E-state index contributed by atoms with van der Waals surface area (Å²) < 4.78 is 11.0. The van der Waals surface area contributed by atoms with Crippen molar-refractivity contribution in [3.8, 4) is 55.4 Å². The average molecular weight is 533 g/mol. The first-order valence-corrected chi connectivity index (χ1v) is 13.4. The van der Waals surface area contributed by atoms with Gasteiger partial charge in [-0.25, -0.2) is 0 Å². The Morgan fingerprint density at radius 3 is 2.03 bits per heavy atom. The van der Waals surface area contributed by atoms with Crippen LogP contribution in [0.5, 0.6) is 11.5 Å². The highest BCUT2D eigenvalue weighted by molar-refractivity contribution is 7.17. The molecule has 0 aliphatic carbocycles. The minimum atomic E-state index is 0.576. The zero-order chi connectivity index (χ0) is 26.6. The lowest BCUT2D eigenvalue weighted by molar-refractivity contribution is -0.734. The van der Waals surface area contributed by atoms with Crippen molar-refractivity contribution in [2.75, 3.05) is 13.7 Å². The fraction of sp³-hybridized carbons (Fsp3) is 0.0968. The number of rotatable bonds is 8. The first-order valence-electron chi connectivity index (χ1n) is 12.6. The molecule has 0 amide bonds. The van der Waals surface area contributed by atoms with Gasteiger partial charge in [0, 0.05) is 16.2 Å². The second-order valence-corrected chi connectivity index (χ2v) is 9.64. The summed E-state index contributed by atoms with van der Waals surface area (Å²) in [6.07, 6.45) is 0. The Labute approximate surface area is 230 Å². The van der Waals surface area contributed by atoms with Crippen LogP contribution >= 0.6 is 11.3 Å². The second-order valence-electron chi connectivity index (χ2n) is 8.66. The molecule has 0 aliphatic rings. The molecular weight excluding hydrogens is 506 g/mol. The molecule has 0 saturated heterocycles. The van der Waals surface area contributed by atoms with Gasteiger partial charge < -0.3 is 9.47 Å². The molecule has 0 aliphatic heterocycles. The highest BCUT2D eigenvalue weighted by atomic mass is 32.1. The lowest BCUT2D eigenvalue weighted by atomic mass is 10.1. The van der Waals surface area contributed by atoms with Gasteiger partial charge in [0.25, 0.3) is 5.82 Å². The Hall–Kier alpha value is -4.82. The number of ether oxygens (including phenoxy) is 2. The van der Waals surface area contributed by atoms with Crippen molar-refractivity contribution in [2.45, 2.75) is 6.92 Å². The molecule has 39 heavy (non-hydrogen) atoms. The molecule has 0 unspecified atom stereocenters. The average Bonchev–Trinajstić information content (AvgIpc) is 3.64. The molecule has 4 aromatic carbocycles. The van der Waals surface area contributed by atoms with Gasteiger partial charge >= 0.3 is 5.13 Å². The lowest BCUT2D eigenvalue weighted by Crippen LogP contribution is -2.43. The Balaban J connectivity index is 1.52. The summed E-state index contributed by atoms with van der Waals surface area (Å²) in [5.41, 5.74) is 4.76. The zero-order valence-electron chi connectivity index (χ0n) is 21.6. The molecule has 0 spiro atoms. The van der Waals surface area contributed by atoms with Crippen LogP contribution in [0.1, 0.15) is 6.92 Å². The second kappa shape index (κ2) is 10.9. The van der Waals surface area contributed by atoms with Crippen LogP contribution in [0, 0.1) is 0 Å². The van der Waals surface area contributed by atoms with E-state index in [0.717, 1.165) is 44.4 Å². The van der Waals surface area contributed by atoms with Gasteiger partial charge in [0.15, 0.2) is 5.69 Å². The van der Waals surface area contributed by atoms with E-state index >= 15 is 0 Å². The van der Waals surface area contributed by atoms with Crippen molar-refractivity contribution >= 4 is 11.3 Å². The van der Waals surface area contributed by atoms with Gasteiger partial charge in [0.05, 0.1) is 18.6 Å². The molecule has 8 heteroatoms. The van der Waals surface area contributed by atoms with Gasteiger partial charge in [-0.2, -0.15) is 0 Å². The number of methoxy groups -OCH3 is 1. The monoisotopic (exact) mass is 532 g/mol. The van der Waals surface area contributed by atoms with E-state index in [-0.39, 0.29) is 0 Å². The standard InChI is InChI=1S/C31H26N5O2S/c1-3-38-27-18-14-24(15-19-27)30-33-35(25-16-20-26(37-2)21-17-25)36(34-30)31-32-28(22-10-6-4-7-11-22)29(39-31)23-12-8-5-9-13-23/h4-21H,3H2,1-2H3/q+1. The maximum Gasteiger partial charge on any atom is 0.365 e. The van der Waals surface area contributed by atoms with Crippen LogP contribution in [0.2, 0.25) is 0 Å². The number of aromatic nitrogens is 5. The fourth-order valence-electron chi connectivity index (χ4n) is 4.24. The third-order valence-electron chi connectivity index (χ3n) is 6.16. The van der Waals surface area contributed by atoms with Crippen LogP contribution in [0.15, 0.2) is 109 Å². The number of hydrogen-bond donors (Lipinski definition) is 0. The molecule has 2 aromatic heterocycles. The molecule has 6 aromatic rings. The maximum atomic E-state index is 5.61. The number of nitrogens with zero attached hydrogens (tertiary/aromatic N) is 5. The zero-order valence-corrected chi connectivity index (χ0v) is 22.4. The first kappa shape index (κ1) is 24.5. The van der Waals surface area contributed by atoms with Gasteiger partial charge in [0.2, 0.25) is 0 Å². The van der Waals surface area contributed by atoms with E-state index in [4.69, 9.17) is 24.7 Å². The molecule has 0 radical (unpaired) electrons. The Bertz CT molecular complexity index is 1620. The van der Waals surface area contributed by atoms with E-state index in [1.807, 2.05) is 91.9 Å². The topological polar surface area (TPSA) is 65.9 Å². The lowest BCUT2D eigenvalue weighted by Gasteiger charge is -2.01. The van der Waals surface area contributed by atoms with Gasteiger partial charge in [0.1, 0.15) is 17.2 Å². The molecule has 0 bridgehead atoms. The third kappa shape index (κ3) is 5.02. The first-order chi connectivity index (χ1) is 19.2. The van der Waals surface area contributed by atoms with Crippen LogP contribution in [0.25, 0.3) is 43.9 Å². The van der Waals surface area contributed by atoms with Crippen molar-refractivity contribution in [2.24, 2.45) is 0 Å². The predicted molar refractivity (Wildman–Crippen MR) is 153 cm³/mol. The molecule has 0 atom stereocenters. The summed E-state index contributed by atoms with van der Waals surface area (Å²) in [4.78, 5) is 9.70. The van der Waals surface area contributed by atoms with Crippen LogP contribution in [0.4, 0.5) is 0 Å². The largest absolute Gasteiger partial charge is 0.497 e. The van der Waals surface area contributed by atoms with Crippen molar-refractivity contribution < 1.29 is 14.3 Å². The maximum absolute atomic E-state index is 5.61. The minimum Gasteiger partial charge on any atom is -0.497 e. The van der Waals surface area contributed by atoms with Crippen molar-refractivity contribution in [1.82, 2.24) is 20.0 Å². The summed E-state index contributed by atoms with van der Waals surface area (Å²) >= 11 is 1.58. The molecule has 0 N–H and O–H groups in total. The SMILES string of the molecule is CCOc1ccc(-c2nn(-c3ccc(OC)cc3)[n+](-c3nc(-c4ccccc4)c(-c4ccccc4)s3)n2)cc1. The summed E-state index contributed by atoms with van der Waals surface area (Å²) in [7, 11) is 1.65. The van der Waals surface area contributed by atoms with E-state index < -0.39 is 0 Å².